The highest BCUT2D eigenvalue weighted by Gasteiger charge is 2.10. The standard InChI is InChI=1S/C13H17ClO/c1-3-4-5-8-11-9-6-7-10(2)12(11)13(14)15/h6-7,9H,3-5,8H2,1-2H3. The first-order chi connectivity index (χ1) is 7.16. The Bertz CT molecular complexity index is 344. The average Bonchev–Trinajstić information content (AvgIpc) is 2.17. The zero-order valence-corrected chi connectivity index (χ0v) is 10.1. The van der Waals surface area contributed by atoms with Crippen LogP contribution in [-0.2, 0) is 6.42 Å². The van der Waals surface area contributed by atoms with Crippen LogP contribution in [0.4, 0.5) is 0 Å². The molecule has 0 heterocycles. The summed E-state index contributed by atoms with van der Waals surface area (Å²) >= 11 is 5.59. The Balaban J connectivity index is 2.86. The quantitative estimate of drug-likeness (QED) is 0.544. The maximum atomic E-state index is 11.3. The minimum Gasteiger partial charge on any atom is -0.276 e. The van der Waals surface area contributed by atoms with Crippen molar-refractivity contribution in [1.29, 1.82) is 0 Å². The molecule has 0 unspecified atom stereocenters. The van der Waals surface area contributed by atoms with E-state index >= 15 is 0 Å². The van der Waals surface area contributed by atoms with Gasteiger partial charge in [-0.3, -0.25) is 4.79 Å². The van der Waals surface area contributed by atoms with Gasteiger partial charge in [0.1, 0.15) is 0 Å². The van der Waals surface area contributed by atoms with E-state index in [4.69, 9.17) is 11.6 Å². The van der Waals surface area contributed by atoms with Gasteiger partial charge in [0.15, 0.2) is 0 Å². The van der Waals surface area contributed by atoms with Crippen molar-refractivity contribution in [1.82, 2.24) is 0 Å². The van der Waals surface area contributed by atoms with Gasteiger partial charge in [0.05, 0.1) is 0 Å². The highest BCUT2D eigenvalue weighted by molar-refractivity contribution is 6.68. The molecule has 1 nitrogen and oxygen atoms in total. The molecule has 0 saturated carbocycles. The van der Waals surface area contributed by atoms with E-state index in [9.17, 15) is 4.79 Å². The van der Waals surface area contributed by atoms with Crippen LogP contribution in [0.3, 0.4) is 0 Å². The molecule has 2 heteroatoms. The minimum atomic E-state index is -0.334. The SMILES string of the molecule is CCCCCc1cccc(C)c1C(=O)Cl. The maximum Gasteiger partial charge on any atom is 0.252 e. The van der Waals surface area contributed by atoms with Gasteiger partial charge in [-0.2, -0.15) is 0 Å². The Kier molecular flexibility index (Phi) is 4.83. The van der Waals surface area contributed by atoms with Gasteiger partial charge in [-0.1, -0.05) is 38.0 Å². The van der Waals surface area contributed by atoms with Crippen LogP contribution >= 0.6 is 11.6 Å². The van der Waals surface area contributed by atoms with E-state index in [0.717, 1.165) is 24.0 Å². The zero-order chi connectivity index (χ0) is 11.3. The van der Waals surface area contributed by atoms with Crippen molar-refractivity contribution in [3.05, 3.63) is 34.9 Å². The van der Waals surface area contributed by atoms with E-state index in [1.807, 2.05) is 25.1 Å². The van der Waals surface area contributed by atoms with E-state index in [1.54, 1.807) is 0 Å². The lowest BCUT2D eigenvalue weighted by Gasteiger charge is -2.08. The van der Waals surface area contributed by atoms with Crippen LogP contribution in [0.25, 0.3) is 0 Å². The number of unbranched alkanes of at least 4 members (excludes halogenated alkanes) is 2. The molecule has 0 bridgehead atoms. The van der Waals surface area contributed by atoms with E-state index < -0.39 is 0 Å². The molecule has 0 amide bonds. The Morgan fingerprint density at radius 2 is 2.07 bits per heavy atom. The number of hydrogen-bond donors (Lipinski definition) is 0. The highest BCUT2D eigenvalue weighted by atomic mass is 35.5. The fraction of sp³-hybridized carbons (Fsp3) is 0.462. The first-order valence-corrected chi connectivity index (χ1v) is 5.83. The fourth-order valence-corrected chi connectivity index (χ4v) is 2.05. The third-order valence-electron chi connectivity index (χ3n) is 2.61. The number of carbonyl (C=O) groups is 1. The predicted molar refractivity (Wildman–Crippen MR) is 64.6 cm³/mol. The third-order valence-corrected chi connectivity index (χ3v) is 2.79. The van der Waals surface area contributed by atoms with Crippen molar-refractivity contribution in [2.45, 2.75) is 39.5 Å². The summed E-state index contributed by atoms with van der Waals surface area (Å²) < 4.78 is 0. The van der Waals surface area contributed by atoms with Gasteiger partial charge in [0.2, 0.25) is 0 Å². The lowest BCUT2D eigenvalue weighted by molar-refractivity contribution is 0.108. The number of benzene rings is 1. The number of carbonyl (C=O) groups excluding carboxylic acids is 1. The van der Waals surface area contributed by atoms with Crippen molar-refractivity contribution < 1.29 is 4.79 Å². The molecule has 0 aliphatic carbocycles. The van der Waals surface area contributed by atoms with Crippen LogP contribution in [0, 0.1) is 6.92 Å². The molecular weight excluding hydrogens is 208 g/mol. The second kappa shape index (κ2) is 5.92. The van der Waals surface area contributed by atoms with Crippen molar-refractivity contribution in [3.8, 4) is 0 Å². The van der Waals surface area contributed by atoms with E-state index in [1.165, 1.54) is 12.8 Å². The third kappa shape index (κ3) is 3.35. The van der Waals surface area contributed by atoms with Crippen molar-refractivity contribution in [3.63, 3.8) is 0 Å². The van der Waals surface area contributed by atoms with Crippen LogP contribution in [0.5, 0.6) is 0 Å². The van der Waals surface area contributed by atoms with Crippen LogP contribution in [0.1, 0.15) is 47.7 Å². The van der Waals surface area contributed by atoms with Crippen molar-refractivity contribution in [2.24, 2.45) is 0 Å². The molecule has 0 radical (unpaired) electrons. The average molecular weight is 225 g/mol. The molecule has 0 aliphatic heterocycles. The van der Waals surface area contributed by atoms with Gasteiger partial charge < -0.3 is 0 Å². The smallest absolute Gasteiger partial charge is 0.252 e. The summed E-state index contributed by atoms with van der Waals surface area (Å²) in [6.45, 7) is 4.10. The van der Waals surface area contributed by atoms with Crippen molar-refractivity contribution >= 4 is 16.8 Å². The summed E-state index contributed by atoms with van der Waals surface area (Å²) in [6.07, 6.45) is 4.46. The lowest BCUT2D eigenvalue weighted by Crippen LogP contribution is -2.00. The Morgan fingerprint density at radius 3 is 2.67 bits per heavy atom. The molecular formula is C13H17ClO. The lowest BCUT2D eigenvalue weighted by atomic mass is 9.98. The number of rotatable bonds is 5. The van der Waals surface area contributed by atoms with Crippen LogP contribution < -0.4 is 0 Å². The first kappa shape index (κ1) is 12.3. The largest absolute Gasteiger partial charge is 0.276 e. The molecule has 0 aromatic heterocycles. The number of aryl methyl sites for hydroxylation is 2. The molecule has 0 spiro atoms. The molecule has 1 aromatic rings. The van der Waals surface area contributed by atoms with Crippen LogP contribution in [0.15, 0.2) is 18.2 Å². The summed E-state index contributed by atoms with van der Waals surface area (Å²) in [5.41, 5.74) is 2.77. The molecule has 0 saturated heterocycles. The molecule has 82 valence electrons. The number of halogens is 1. The maximum absolute atomic E-state index is 11.3. The highest BCUT2D eigenvalue weighted by Crippen LogP contribution is 2.18. The minimum absolute atomic E-state index is 0.334. The van der Waals surface area contributed by atoms with E-state index in [2.05, 4.69) is 6.92 Å². The summed E-state index contributed by atoms with van der Waals surface area (Å²) in [4.78, 5) is 11.3. The van der Waals surface area contributed by atoms with Gasteiger partial charge in [-0.25, -0.2) is 0 Å². The number of hydrogen-bond acceptors (Lipinski definition) is 1. The molecule has 0 atom stereocenters. The van der Waals surface area contributed by atoms with Crippen LogP contribution in [0.2, 0.25) is 0 Å². The molecule has 0 fully saturated rings. The monoisotopic (exact) mass is 224 g/mol. The topological polar surface area (TPSA) is 17.1 Å². The Labute approximate surface area is 96.5 Å². The van der Waals surface area contributed by atoms with E-state index in [0.29, 0.717) is 5.56 Å². The molecule has 1 aromatic carbocycles. The molecule has 15 heavy (non-hydrogen) atoms. The molecule has 0 aliphatic rings. The summed E-state index contributed by atoms with van der Waals surface area (Å²) in [5.74, 6) is 0. The Hall–Kier alpha value is -0.820. The van der Waals surface area contributed by atoms with Crippen molar-refractivity contribution in [2.75, 3.05) is 0 Å². The summed E-state index contributed by atoms with van der Waals surface area (Å²) in [5, 5.41) is -0.334. The second-order valence-electron chi connectivity index (χ2n) is 3.84. The summed E-state index contributed by atoms with van der Waals surface area (Å²) in [6, 6.07) is 5.91. The molecule has 0 N–H and O–H groups in total. The zero-order valence-electron chi connectivity index (χ0n) is 9.35. The second-order valence-corrected chi connectivity index (χ2v) is 4.18. The van der Waals surface area contributed by atoms with Gasteiger partial charge in [-0.15, -0.1) is 0 Å². The van der Waals surface area contributed by atoms with Gasteiger partial charge in [0.25, 0.3) is 5.24 Å². The van der Waals surface area contributed by atoms with Gasteiger partial charge in [-0.05, 0) is 42.5 Å². The van der Waals surface area contributed by atoms with Gasteiger partial charge >= 0.3 is 0 Å². The van der Waals surface area contributed by atoms with E-state index in [-0.39, 0.29) is 5.24 Å². The fourth-order valence-electron chi connectivity index (χ4n) is 1.78. The first-order valence-electron chi connectivity index (χ1n) is 5.45. The van der Waals surface area contributed by atoms with Gasteiger partial charge in [0, 0.05) is 5.56 Å². The normalized spacial score (nSPS) is 10.3. The predicted octanol–water partition coefficient (Wildman–Crippen LogP) is 4.11. The Morgan fingerprint density at radius 1 is 1.33 bits per heavy atom. The summed E-state index contributed by atoms with van der Waals surface area (Å²) in [7, 11) is 0. The molecule has 1 rings (SSSR count). The van der Waals surface area contributed by atoms with Crippen LogP contribution in [-0.4, -0.2) is 5.24 Å².